The minimum absolute atomic E-state index is 0.354. The number of hydrogen-bond donors (Lipinski definition) is 0. The summed E-state index contributed by atoms with van der Waals surface area (Å²) in [5, 5.41) is 0. The number of hydrogen-bond acceptors (Lipinski definition) is 2. The maximum atomic E-state index is 10.7. The van der Waals surface area contributed by atoms with Gasteiger partial charge in [-0.15, -0.1) is 0 Å². The van der Waals surface area contributed by atoms with Crippen LogP contribution in [0.15, 0.2) is 24.8 Å². The molecule has 19 heavy (non-hydrogen) atoms. The lowest BCUT2D eigenvalue weighted by Gasteiger charge is -2.00. The molecule has 0 unspecified atom stereocenters. The van der Waals surface area contributed by atoms with E-state index in [-0.39, 0.29) is 5.97 Å². The maximum absolute atomic E-state index is 10.7. The molecule has 0 aromatic carbocycles. The third-order valence-corrected chi connectivity index (χ3v) is 3.13. The predicted molar refractivity (Wildman–Crippen MR) is 82.1 cm³/mol. The van der Waals surface area contributed by atoms with Gasteiger partial charge in [-0.25, -0.2) is 4.79 Å². The van der Waals surface area contributed by atoms with Crippen molar-refractivity contribution in [2.45, 2.75) is 71.1 Å². The zero-order valence-electron chi connectivity index (χ0n) is 12.5. The van der Waals surface area contributed by atoms with Crippen LogP contribution in [0.3, 0.4) is 0 Å². The van der Waals surface area contributed by atoms with Crippen molar-refractivity contribution in [3.63, 3.8) is 0 Å². The Labute approximate surface area is 118 Å². The molecular weight excluding hydrogens is 236 g/mol. The van der Waals surface area contributed by atoms with Crippen LogP contribution in [0.25, 0.3) is 0 Å². The van der Waals surface area contributed by atoms with E-state index in [0.717, 1.165) is 6.42 Å². The number of esters is 1. The Morgan fingerprint density at radius 3 is 2.11 bits per heavy atom. The highest BCUT2D eigenvalue weighted by Gasteiger charge is 1.92. The Hall–Kier alpha value is -1.05. The first kappa shape index (κ1) is 17.9. The van der Waals surface area contributed by atoms with Crippen LogP contribution in [-0.2, 0) is 9.53 Å². The maximum Gasteiger partial charge on any atom is 0.330 e. The normalized spacial score (nSPS) is 10.8. The summed E-state index contributed by atoms with van der Waals surface area (Å²) in [4.78, 5) is 10.7. The fourth-order valence-electron chi connectivity index (χ4n) is 1.95. The lowest BCUT2D eigenvalue weighted by atomic mass is 10.1. The second-order valence-electron chi connectivity index (χ2n) is 4.92. The smallest absolute Gasteiger partial charge is 0.330 e. The zero-order chi connectivity index (χ0) is 14.2. The van der Waals surface area contributed by atoms with Crippen molar-refractivity contribution in [1.29, 1.82) is 0 Å². The highest BCUT2D eigenvalue weighted by molar-refractivity contribution is 5.81. The molecule has 0 rings (SSSR count). The fraction of sp³-hybridized carbons (Fsp3) is 0.706. The largest absolute Gasteiger partial charge is 0.458 e. The Kier molecular flexibility index (Phi) is 14.2. The van der Waals surface area contributed by atoms with Gasteiger partial charge in [0.25, 0.3) is 0 Å². The van der Waals surface area contributed by atoms with E-state index in [0.29, 0.717) is 6.61 Å². The quantitative estimate of drug-likeness (QED) is 0.198. The second kappa shape index (κ2) is 15.0. The van der Waals surface area contributed by atoms with Crippen molar-refractivity contribution < 1.29 is 9.53 Å². The lowest BCUT2D eigenvalue weighted by molar-refractivity contribution is -0.136. The standard InChI is InChI=1S/C17H30O2/c1-3-5-6-7-8-9-10-11-12-13-14-15-16-19-17(18)4-2/h4,14-15H,2-3,5-13,16H2,1H3/b15-14+. The van der Waals surface area contributed by atoms with E-state index in [1.807, 2.05) is 6.08 Å². The fourth-order valence-corrected chi connectivity index (χ4v) is 1.95. The van der Waals surface area contributed by atoms with Gasteiger partial charge in [-0.3, -0.25) is 0 Å². The first-order chi connectivity index (χ1) is 9.31. The van der Waals surface area contributed by atoms with Gasteiger partial charge >= 0.3 is 5.97 Å². The number of carbonyl (C=O) groups excluding carboxylic acids is 1. The summed E-state index contributed by atoms with van der Waals surface area (Å²) < 4.78 is 4.84. The Morgan fingerprint density at radius 2 is 1.53 bits per heavy atom. The van der Waals surface area contributed by atoms with Gasteiger partial charge in [0.15, 0.2) is 0 Å². The highest BCUT2D eigenvalue weighted by Crippen LogP contribution is 2.10. The molecular formula is C17H30O2. The first-order valence-electron chi connectivity index (χ1n) is 7.75. The summed E-state index contributed by atoms with van der Waals surface area (Å²) in [6, 6.07) is 0. The van der Waals surface area contributed by atoms with Crippen LogP contribution in [0.2, 0.25) is 0 Å². The summed E-state index contributed by atoms with van der Waals surface area (Å²) in [6.45, 7) is 5.96. The van der Waals surface area contributed by atoms with Crippen LogP contribution in [-0.4, -0.2) is 12.6 Å². The topological polar surface area (TPSA) is 26.3 Å². The molecule has 0 heterocycles. The van der Waals surface area contributed by atoms with Crippen LogP contribution in [0.1, 0.15) is 71.1 Å². The minimum atomic E-state index is -0.354. The van der Waals surface area contributed by atoms with Gasteiger partial charge in [0.05, 0.1) is 0 Å². The minimum Gasteiger partial charge on any atom is -0.458 e. The third kappa shape index (κ3) is 14.9. The summed E-state index contributed by atoms with van der Waals surface area (Å²) >= 11 is 0. The van der Waals surface area contributed by atoms with E-state index in [9.17, 15) is 4.79 Å². The number of allylic oxidation sites excluding steroid dienone is 1. The van der Waals surface area contributed by atoms with Gasteiger partial charge in [-0.2, -0.15) is 0 Å². The van der Waals surface area contributed by atoms with Crippen LogP contribution in [0, 0.1) is 0 Å². The molecule has 0 saturated heterocycles. The SMILES string of the molecule is C=CC(=O)OC/C=C/CCCCCCCCCCC. The highest BCUT2D eigenvalue weighted by atomic mass is 16.5. The summed E-state index contributed by atoms with van der Waals surface area (Å²) in [5.74, 6) is -0.354. The molecule has 110 valence electrons. The molecule has 0 aliphatic heterocycles. The average Bonchev–Trinajstić information content (AvgIpc) is 2.43. The Balaban J connectivity index is 3.11. The van der Waals surface area contributed by atoms with Gasteiger partial charge in [-0.1, -0.05) is 77.0 Å². The molecule has 2 heteroatoms. The van der Waals surface area contributed by atoms with Gasteiger partial charge < -0.3 is 4.74 Å². The molecule has 0 bridgehead atoms. The molecule has 0 fully saturated rings. The van der Waals surface area contributed by atoms with Crippen LogP contribution < -0.4 is 0 Å². The summed E-state index contributed by atoms with van der Waals surface area (Å²) in [5.41, 5.74) is 0. The first-order valence-corrected chi connectivity index (χ1v) is 7.75. The molecule has 0 atom stereocenters. The van der Waals surface area contributed by atoms with Crippen molar-refractivity contribution in [1.82, 2.24) is 0 Å². The molecule has 0 N–H and O–H groups in total. The summed E-state index contributed by atoms with van der Waals surface area (Å²) in [6.07, 6.45) is 18.5. The molecule has 0 aliphatic rings. The van der Waals surface area contributed by atoms with Gasteiger partial charge in [0.2, 0.25) is 0 Å². The van der Waals surface area contributed by atoms with Crippen molar-refractivity contribution in [3.05, 3.63) is 24.8 Å². The van der Waals surface area contributed by atoms with E-state index in [4.69, 9.17) is 4.74 Å². The lowest BCUT2D eigenvalue weighted by Crippen LogP contribution is -1.98. The van der Waals surface area contributed by atoms with Crippen LogP contribution in [0.4, 0.5) is 0 Å². The summed E-state index contributed by atoms with van der Waals surface area (Å²) in [7, 11) is 0. The number of ether oxygens (including phenoxy) is 1. The van der Waals surface area contributed by atoms with Gasteiger partial charge in [0.1, 0.15) is 6.61 Å². The van der Waals surface area contributed by atoms with Gasteiger partial charge in [0, 0.05) is 6.08 Å². The average molecular weight is 266 g/mol. The van der Waals surface area contributed by atoms with E-state index >= 15 is 0 Å². The number of unbranched alkanes of at least 4 members (excludes halogenated alkanes) is 9. The molecule has 0 saturated carbocycles. The van der Waals surface area contributed by atoms with E-state index in [1.54, 1.807) is 0 Å². The van der Waals surface area contributed by atoms with Crippen molar-refractivity contribution in [2.24, 2.45) is 0 Å². The molecule has 0 aromatic rings. The predicted octanol–water partition coefficient (Wildman–Crippen LogP) is 5.19. The monoisotopic (exact) mass is 266 g/mol. The molecule has 0 aromatic heterocycles. The van der Waals surface area contributed by atoms with Crippen LogP contribution >= 0.6 is 0 Å². The van der Waals surface area contributed by atoms with Crippen LogP contribution in [0.5, 0.6) is 0 Å². The van der Waals surface area contributed by atoms with E-state index < -0.39 is 0 Å². The van der Waals surface area contributed by atoms with E-state index in [2.05, 4.69) is 19.6 Å². The Bertz CT molecular complexity index is 244. The van der Waals surface area contributed by atoms with Crippen molar-refractivity contribution >= 4 is 5.97 Å². The molecule has 0 spiro atoms. The molecule has 0 aliphatic carbocycles. The second-order valence-corrected chi connectivity index (χ2v) is 4.92. The van der Waals surface area contributed by atoms with Gasteiger partial charge in [-0.05, 0) is 12.8 Å². The molecule has 2 nitrogen and oxygen atoms in total. The molecule has 0 radical (unpaired) electrons. The Morgan fingerprint density at radius 1 is 0.947 bits per heavy atom. The molecule has 0 amide bonds. The third-order valence-electron chi connectivity index (χ3n) is 3.13. The van der Waals surface area contributed by atoms with Crippen molar-refractivity contribution in [3.8, 4) is 0 Å². The van der Waals surface area contributed by atoms with Crippen molar-refractivity contribution in [2.75, 3.05) is 6.61 Å². The van der Waals surface area contributed by atoms with E-state index in [1.165, 1.54) is 63.9 Å². The number of carbonyl (C=O) groups is 1. The number of rotatable bonds is 13. The zero-order valence-corrected chi connectivity index (χ0v) is 12.5.